The maximum atomic E-state index is 12.8. The van der Waals surface area contributed by atoms with E-state index in [9.17, 15) is 9.59 Å². The molecular formula is C24H30N2O4. The van der Waals surface area contributed by atoms with Gasteiger partial charge in [-0.25, -0.2) is 0 Å². The minimum absolute atomic E-state index is 0.00203. The van der Waals surface area contributed by atoms with Crippen molar-refractivity contribution in [1.29, 1.82) is 0 Å². The van der Waals surface area contributed by atoms with E-state index >= 15 is 0 Å². The Morgan fingerprint density at radius 1 is 1.00 bits per heavy atom. The molecule has 6 nitrogen and oxygen atoms in total. The van der Waals surface area contributed by atoms with Crippen molar-refractivity contribution >= 4 is 11.8 Å². The smallest absolute Gasteiger partial charge is 0.253 e. The summed E-state index contributed by atoms with van der Waals surface area (Å²) < 4.78 is 10.5. The SMILES string of the molecule is COc1ccc(C(=O)N2CCC(CNC(=O)Cc3ccc(C)cc3)CC2)cc1OC. The fraction of sp³-hybridized carbons (Fsp3) is 0.417. The van der Waals surface area contributed by atoms with Crippen LogP contribution in [-0.2, 0) is 11.2 Å². The van der Waals surface area contributed by atoms with E-state index in [1.165, 1.54) is 5.56 Å². The Kier molecular flexibility index (Phi) is 7.33. The van der Waals surface area contributed by atoms with E-state index in [2.05, 4.69) is 5.32 Å². The van der Waals surface area contributed by atoms with Crippen molar-refractivity contribution in [3.63, 3.8) is 0 Å². The molecule has 30 heavy (non-hydrogen) atoms. The summed E-state index contributed by atoms with van der Waals surface area (Å²) in [5.74, 6) is 1.59. The van der Waals surface area contributed by atoms with Gasteiger partial charge >= 0.3 is 0 Å². The summed E-state index contributed by atoms with van der Waals surface area (Å²) in [5.41, 5.74) is 2.81. The molecule has 0 aliphatic carbocycles. The molecule has 160 valence electrons. The van der Waals surface area contributed by atoms with Gasteiger partial charge in [-0.1, -0.05) is 29.8 Å². The number of nitrogens with zero attached hydrogens (tertiary/aromatic N) is 1. The molecule has 0 atom stereocenters. The highest BCUT2D eigenvalue weighted by atomic mass is 16.5. The number of rotatable bonds is 7. The van der Waals surface area contributed by atoms with Crippen LogP contribution in [0.15, 0.2) is 42.5 Å². The summed E-state index contributed by atoms with van der Waals surface area (Å²) in [6, 6.07) is 13.3. The lowest BCUT2D eigenvalue weighted by Gasteiger charge is -2.32. The molecule has 0 spiro atoms. The number of benzene rings is 2. The molecule has 1 saturated heterocycles. The molecule has 3 rings (SSSR count). The highest BCUT2D eigenvalue weighted by molar-refractivity contribution is 5.95. The van der Waals surface area contributed by atoms with Gasteiger partial charge in [0.05, 0.1) is 20.6 Å². The van der Waals surface area contributed by atoms with Gasteiger partial charge in [-0.2, -0.15) is 0 Å². The monoisotopic (exact) mass is 410 g/mol. The fourth-order valence-electron chi connectivity index (χ4n) is 3.70. The molecule has 1 aliphatic rings. The molecule has 2 amide bonds. The number of carbonyl (C=O) groups is 2. The zero-order valence-corrected chi connectivity index (χ0v) is 17.9. The molecule has 0 unspecified atom stereocenters. The Balaban J connectivity index is 1.45. The number of methoxy groups -OCH3 is 2. The highest BCUT2D eigenvalue weighted by Crippen LogP contribution is 2.28. The van der Waals surface area contributed by atoms with Crippen LogP contribution in [-0.4, -0.2) is 50.6 Å². The number of hydrogen-bond acceptors (Lipinski definition) is 4. The number of carbonyl (C=O) groups excluding carboxylic acids is 2. The minimum Gasteiger partial charge on any atom is -0.493 e. The van der Waals surface area contributed by atoms with Gasteiger partial charge in [0, 0.05) is 25.2 Å². The number of likely N-dealkylation sites (tertiary alicyclic amines) is 1. The van der Waals surface area contributed by atoms with Gasteiger partial charge in [0.2, 0.25) is 5.91 Å². The summed E-state index contributed by atoms with van der Waals surface area (Å²) in [4.78, 5) is 26.9. The third-order valence-corrected chi connectivity index (χ3v) is 5.61. The van der Waals surface area contributed by atoms with Gasteiger partial charge in [-0.3, -0.25) is 9.59 Å². The van der Waals surface area contributed by atoms with Crippen molar-refractivity contribution in [3.05, 3.63) is 59.2 Å². The number of nitrogens with one attached hydrogen (secondary N) is 1. The number of aryl methyl sites for hydroxylation is 1. The second-order valence-corrected chi connectivity index (χ2v) is 7.77. The molecule has 1 fully saturated rings. The molecule has 0 radical (unpaired) electrons. The summed E-state index contributed by atoms with van der Waals surface area (Å²) in [5, 5.41) is 3.05. The summed E-state index contributed by atoms with van der Waals surface area (Å²) >= 11 is 0. The van der Waals surface area contributed by atoms with E-state index in [1.807, 2.05) is 36.1 Å². The quantitative estimate of drug-likeness (QED) is 0.761. The number of hydrogen-bond donors (Lipinski definition) is 1. The first-order valence-electron chi connectivity index (χ1n) is 10.3. The Bertz CT molecular complexity index is 871. The van der Waals surface area contributed by atoms with Crippen molar-refractivity contribution in [2.45, 2.75) is 26.2 Å². The fourth-order valence-corrected chi connectivity index (χ4v) is 3.70. The lowest BCUT2D eigenvalue weighted by molar-refractivity contribution is -0.120. The minimum atomic E-state index is -0.00203. The molecular weight excluding hydrogens is 380 g/mol. The molecule has 0 saturated carbocycles. The van der Waals surface area contributed by atoms with Crippen LogP contribution in [0.3, 0.4) is 0 Å². The van der Waals surface area contributed by atoms with Gasteiger partial charge in [0.15, 0.2) is 11.5 Å². The molecule has 6 heteroatoms. The van der Waals surface area contributed by atoms with Crippen LogP contribution >= 0.6 is 0 Å². The van der Waals surface area contributed by atoms with Gasteiger partial charge in [0.25, 0.3) is 5.91 Å². The van der Waals surface area contributed by atoms with Crippen molar-refractivity contribution < 1.29 is 19.1 Å². The predicted molar refractivity (Wildman–Crippen MR) is 116 cm³/mol. The summed E-state index contributed by atoms with van der Waals surface area (Å²) in [6.45, 7) is 4.06. The number of amides is 2. The van der Waals surface area contributed by atoms with Crippen molar-refractivity contribution in [2.75, 3.05) is 33.9 Å². The third-order valence-electron chi connectivity index (χ3n) is 5.61. The van der Waals surface area contributed by atoms with Crippen LogP contribution in [0.4, 0.5) is 0 Å². The second kappa shape index (κ2) is 10.1. The van der Waals surface area contributed by atoms with E-state index in [1.54, 1.807) is 32.4 Å². The van der Waals surface area contributed by atoms with Gasteiger partial charge in [-0.15, -0.1) is 0 Å². The first-order chi connectivity index (χ1) is 14.5. The molecule has 0 bridgehead atoms. The largest absolute Gasteiger partial charge is 0.493 e. The van der Waals surface area contributed by atoms with E-state index in [-0.39, 0.29) is 11.8 Å². The molecule has 1 aliphatic heterocycles. The zero-order valence-electron chi connectivity index (χ0n) is 17.9. The van der Waals surface area contributed by atoms with Crippen LogP contribution in [0, 0.1) is 12.8 Å². The summed E-state index contributed by atoms with van der Waals surface area (Å²) in [6.07, 6.45) is 2.16. The number of ether oxygens (including phenoxy) is 2. The van der Waals surface area contributed by atoms with E-state index < -0.39 is 0 Å². The number of piperidine rings is 1. The maximum absolute atomic E-state index is 12.8. The molecule has 2 aromatic rings. The molecule has 1 N–H and O–H groups in total. The van der Waals surface area contributed by atoms with Crippen molar-refractivity contribution in [3.8, 4) is 11.5 Å². The Hall–Kier alpha value is -3.02. The van der Waals surface area contributed by atoms with Gasteiger partial charge in [0.1, 0.15) is 0 Å². The van der Waals surface area contributed by atoms with Crippen molar-refractivity contribution in [1.82, 2.24) is 10.2 Å². The molecule has 0 aromatic heterocycles. The average Bonchev–Trinajstić information content (AvgIpc) is 2.78. The van der Waals surface area contributed by atoms with Crippen LogP contribution in [0.25, 0.3) is 0 Å². The highest BCUT2D eigenvalue weighted by Gasteiger charge is 2.24. The first kappa shape index (κ1) is 21.7. The summed E-state index contributed by atoms with van der Waals surface area (Å²) in [7, 11) is 3.13. The standard InChI is InChI=1S/C24H30N2O4/c1-17-4-6-18(7-5-17)14-23(27)25-16-19-10-12-26(13-11-19)24(28)20-8-9-21(29-2)22(15-20)30-3/h4-9,15,19H,10-14,16H2,1-3H3,(H,25,27). The van der Waals surface area contributed by atoms with Crippen LogP contribution < -0.4 is 14.8 Å². The maximum Gasteiger partial charge on any atom is 0.253 e. The predicted octanol–water partition coefficient (Wildman–Crippen LogP) is 3.22. The third kappa shape index (κ3) is 5.53. The van der Waals surface area contributed by atoms with E-state index in [0.717, 1.165) is 18.4 Å². The van der Waals surface area contributed by atoms with Crippen molar-refractivity contribution in [2.24, 2.45) is 5.92 Å². The molecule has 2 aromatic carbocycles. The Morgan fingerprint density at radius 3 is 2.30 bits per heavy atom. The lowest BCUT2D eigenvalue weighted by Crippen LogP contribution is -2.41. The lowest BCUT2D eigenvalue weighted by atomic mass is 9.96. The zero-order chi connectivity index (χ0) is 21.5. The van der Waals surface area contributed by atoms with Crippen LogP contribution in [0.1, 0.15) is 34.3 Å². The van der Waals surface area contributed by atoms with E-state index in [0.29, 0.717) is 49.0 Å². The van der Waals surface area contributed by atoms with Gasteiger partial charge in [-0.05, 0) is 49.4 Å². The van der Waals surface area contributed by atoms with Crippen LogP contribution in [0.2, 0.25) is 0 Å². The molecule has 1 heterocycles. The normalized spacial score (nSPS) is 14.3. The average molecular weight is 411 g/mol. The van der Waals surface area contributed by atoms with Crippen LogP contribution in [0.5, 0.6) is 11.5 Å². The van der Waals surface area contributed by atoms with Gasteiger partial charge < -0.3 is 19.7 Å². The van der Waals surface area contributed by atoms with E-state index in [4.69, 9.17) is 9.47 Å². The Labute approximate surface area is 178 Å². The topological polar surface area (TPSA) is 67.9 Å². The Morgan fingerprint density at radius 2 is 1.67 bits per heavy atom. The first-order valence-corrected chi connectivity index (χ1v) is 10.3. The second-order valence-electron chi connectivity index (χ2n) is 7.77.